The van der Waals surface area contributed by atoms with Crippen molar-refractivity contribution in [2.45, 2.75) is 9.79 Å². The molecule has 0 unspecified atom stereocenters. The molecule has 1 rings (SSSR count). The highest BCUT2D eigenvalue weighted by atomic mass is 35.5. The highest BCUT2D eigenvalue weighted by Gasteiger charge is 2.19. The summed E-state index contributed by atoms with van der Waals surface area (Å²) in [7, 11) is -5.28. The molecule has 0 aliphatic carbocycles. The quantitative estimate of drug-likeness (QED) is 0.760. The van der Waals surface area contributed by atoms with Crippen LogP contribution in [0.3, 0.4) is 0 Å². The van der Waals surface area contributed by atoms with Gasteiger partial charge in [-0.25, -0.2) is 16.8 Å². The Kier molecular flexibility index (Phi) is 4.86. The van der Waals surface area contributed by atoms with E-state index in [4.69, 9.17) is 11.6 Å². The fourth-order valence-electron chi connectivity index (χ4n) is 1.58. The number of nitrogens with zero attached hydrogens (tertiary/aromatic N) is 1. The van der Waals surface area contributed by atoms with Gasteiger partial charge in [0.25, 0.3) is 0 Å². The number of halogens is 1. The lowest BCUT2D eigenvalue weighted by atomic mass is 10.3. The van der Waals surface area contributed by atoms with Crippen molar-refractivity contribution >= 4 is 37.0 Å². The van der Waals surface area contributed by atoms with Crippen molar-refractivity contribution in [1.29, 1.82) is 0 Å². The van der Waals surface area contributed by atoms with Crippen LogP contribution >= 0.6 is 11.6 Å². The molecule has 0 amide bonds. The van der Waals surface area contributed by atoms with Crippen molar-refractivity contribution in [3.8, 4) is 0 Å². The first-order valence-corrected chi connectivity index (χ1v) is 9.70. The average molecular weight is 326 g/mol. The topological polar surface area (TPSA) is 71.5 Å². The van der Waals surface area contributed by atoms with E-state index in [0.717, 1.165) is 12.5 Å². The van der Waals surface area contributed by atoms with Gasteiger partial charge in [-0.05, 0) is 18.2 Å². The number of sulfone groups is 2. The smallest absolute Gasteiger partial charge is 0.177 e. The van der Waals surface area contributed by atoms with Gasteiger partial charge in [0.15, 0.2) is 19.7 Å². The van der Waals surface area contributed by atoms with E-state index in [-0.39, 0.29) is 9.79 Å². The summed E-state index contributed by atoms with van der Waals surface area (Å²) in [5.41, 5.74) is 0.440. The lowest BCUT2D eigenvalue weighted by Gasteiger charge is -2.21. The van der Waals surface area contributed by atoms with Crippen LogP contribution in [0.1, 0.15) is 0 Å². The summed E-state index contributed by atoms with van der Waals surface area (Å²) < 4.78 is 46.6. The Morgan fingerprint density at radius 2 is 1.68 bits per heavy atom. The maximum Gasteiger partial charge on any atom is 0.177 e. The second kappa shape index (κ2) is 5.68. The summed E-state index contributed by atoms with van der Waals surface area (Å²) in [6.45, 7) is 0.461. The minimum absolute atomic E-state index is 0.0111. The first-order valence-electron chi connectivity index (χ1n) is 5.38. The van der Waals surface area contributed by atoms with E-state index in [1.807, 2.05) is 0 Å². The third-order valence-corrected chi connectivity index (χ3v) is 5.00. The highest BCUT2D eigenvalue weighted by molar-refractivity contribution is 7.91. The SMILES string of the molecule is CN(CCCl)c1ccc(S(C)(=O)=O)cc1S(C)(=O)=O. The lowest BCUT2D eigenvalue weighted by molar-refractivity contribution is 0.600. The molecule has 1 aromatic rings. The summed E-state index contributed by atoms with van der Waals surface area (Å²) in [5.74, 6) is 0.341. The fraction of sp³-hybridized carbons (Fsp3) is 0.455. The van der Waals surface area contributed by atoms with Crippen molar-refractivity contribution in [2.24, 2.45) is 0 Å². The molecule has 0 aromatic heterocycles. The summed E-state index contributed by atoms with van der Waals surface area (Å²) in [6.07, 6.45) is 2.09. The predicted octanol–water partition coefficient (Wildman–Crippen LogP) is 1.17. The summed E-state index contributed by atoms with van der Waals surface area (Å²) >= 11 is 5.63. The fourth-order valence-corrected chi connectivity index (χ4v) is 3.50. The monoisotopic (exact) mass is 325 g/mol. The standard InChI is InChI=1S/C11H16ClNO4S2/c1-13(7-6-12)10-5-4-9(18(2,14)15)8-11(10)19(3,16)17/h4-5,8H,6-7H2,1-3H3. The predicted molar refractivity (Wildman–Crippen MR) is 76.7 cm³/mol. The second-order valence-corrected chi connectivity index (χ2v) is 8.66. The minimum Gasteiger partial charge on any atom is -0.372 e. The average Bonchev–Trinajstić information content (AvgIpc) is 2.26. The van der Waals surface area contributed by atoms with Crippen LogP contribution in [-0.2, 0) is 19.7 Å². The van der Waals surface area contributed by atoms with Crippen molar-refractivity contribution in [2.75, 3.05) is 36.9 Å². The van der Waals surface area contributed by atoms with Crippen LogP contribution < -0.4 is 4.90 Å². The first-order chi connectivity index (χ1) is 8.57. The molecule has 0 spiro atoms. The molecule has 19 heavy (non-hydrogen) atoms. The molecule has 0 aliphatic rings. The molecule has 0 radical (unpaired) electrons. The summed E-state index contributed by atoms with van der Waals surface area (Å²) in [5, 5.41) is 0. The molecule has 108 valence electrons. The van der Waals surface area contributed by atoms with Gasteiger partial charge >= 0.3 is 0 Å². The van der Waals surface area contributed by atoms with Crippen LogP contribution in [0.4, 0.5) is 5.69 Å². The molecule has 0 saturated carbocycles. The maximum absolute atomic E-state index is 11.8. The Labute approximate surface area is 119 Å². The van der Waals surface area contributed by atoms with Gasteiger partial charge in [0.1, 0.15) is 0 Å². The van der Waals surface area contributed by atoms with Crippen LogP contribution in [0, 0.1) is 0 Å². The van der Waals surface area contributed by atoms with Gasteiger partial charge in [-0.15, -0.1) is 11.6 Å². The van der Waals surface area contributed by atoms with Crippen molar-refractivity contribution in [1.82, 2.24) is 0 Å². The third kappa shape index (κ3) is 4.09. The van der Waals surface area contributed by atoms with Gasteiger partial charge in [0, 0.05) is 32.0 Å². The number of anilines is 1. The van der Waals surface area contributed by atoms with Crippen molar-refractivity contribution < 1.29 is 16.8 Å². The molecule has 0 bridgehead atoms. The number of alkyl halides is 1. The molecule has 1 aromatic carbocycles. The zero-order valence-electron chi connectivity index (χ0n) is 10.9. The van der Waals surface area contributed by atoms with E-state index in [0.29, 0.717) is 18.1 Å². The van der Waals surface area contributed by atoms with E-state index in [1.165, 1.54) is 18.2 Å². The van der Waals surface area contributed by atoms with E-state index in [1.54, 1.807) is 11.9 Å². The first kappa shape index (κ1) is 16.3. The van der Waals surface area contributed by atoms with Crippen LogP contribution in [0.2, 0.25) is 0 Å². The molecule has 0 heterocycles. The molecule has 0 saturated heterocycles. The van der Waals surface area contributed by atoms with Gasteiger partial charge in [-0.1, -0.05) is 0 Å². The maximum atomic E-state index is 11.8. The molecule has 0 N–H and O–H groups in total. The van der Waals surface area contributed by atoms with Gasteiger partial charge < -0.3 is 4.90 Å². The number of rotatable bonds is 5. The largest absolute Gasteiger partial charge is 0.372 e. The van der Waals surface area contributed by atoms with Gasteiger partial charge in [-0.3, -0.25) is 0 Å². The molecule has 8 heteroatoms. The Hall–Kier alpha value is -0.790. The Balaban J connectivity index is 3.51. The van der Waals surface area contributed by atoms with Gasteiger partial charge in [0.2, 0.25) is 0 Å². The Bertz CT molecular complexity index is 668. The number of hydrogen-bond donors (Lipinski definition) is 0. The third-order valence-electron chi connectivity index (χ3n) is 2.59. The molecule has 0 atom stereocenters. The lowest BCUT2D eigenvalue weighted by Crippen LogP contribution is -2.22. The molecular weight excluding hydrogens is 310 g/mol. The summed E-state index contributed by atoms with van der Waals surface area (Å²) in [4.78, 5) is 1.65. The molecular formula is C11H16ClNO4S2. The molecule has 0 aliphatic heterocycles. The van der Waals surface area contributed by atoms with Crippen LogP contribution in [0.5, 0.6) is 0 Å². The van der Waals surface area contributed by atoms with E-state index in [9.17, 15) is 16.8 Å². The van der Waals surface area contributed by atoms with E-state index >= 15 is 0 Å². The zero-order chi connectivity index (χ0) is 14.8. The van der Waals surface area contributed by atoms with Crippen molar-refractivity contribution in [3.05, 3.63) is 18.2 Å². The van der Waals surface area contributed by atoms with E-state index in [2.05, 4.69) is 0 Å². The van der Waals surface area contributed by atoms with Crippen LogP contribution in [-0.4, -0.2) is 48.8 Å². The highest BCUT2D eigenvalue weighted by Crippen LogP contribution is 2.27. The number of benzene rings is 1. The number of hydrogen-bond acceptors (Lipinski definition) is 5. The molecule has 0 fully saturated rings. The normalized spacial score (nSPS) is 12.4. The van der Waals surface area contributed by atoms with Crippen LogP contribution in [0.25, 0.3) is 0 Å². The molecule has 5 nitrogen and oxygen atoms in total. The van der Waals surface area contributed by atoms with Crippen molar-refractivity contribution in [3.63, 3.8) is 0 Å². The Morgan fingerprint density at radius 1 is 1.11 bits per heavy atom. The minimum atomic E-state index is -3.53. The second-order valence-electron chi connectivity index (χ2n) is 4.28. The Morgan fingerprint density at radius 3 is 2.11 bits per heavy atom. The van der Waals surface area contributed by atoms with Crippen LogP contribution in [0.15, 0.2) is 28.0 Å². The van der Waals surface area contributed by atoms with E-state index < -0.39 is 19.7 Å². The summed E-state index contributed by atoms with van der Waals surface area (Å²) in [6, 6.07) is 4.06. The van der Waals surface area contributed by atoms with Gasteiger partial charge in [-0.2, -0.15) is 0 Å². The zero-order valence-corrected chi connectivity index (χ0v) is 13.3. The van der Waals surface area contributed by atoms with Gasteiger partial charge in [0.05, 0.1) is 15.5 Å².